The predicted octanol–water partition coefficient (Wildman–Crippen LogP) is 4.93. The Bertz CT molecular complexity index is 1560. The van der Waals surface area contributed by atoms with E-state index in [1.807, 2.05) is 19.9 Å². The van der Waals surface area contributed by atoms with Crippen LogP contribution in [0, 0.1) is 13.8 Å². The molecule has 0 saturated carbocycles. The lowest BCUT2D eigenvalue weighted by atomic mass is 10.0. The molecule has 10 heteroatoms. The van der Waals surface area contributed by atoms with Gasteiger partial charge in [0.25, 0.3) is 11.8 Å². The molecule has 1 aromatic heterocycles. The molecule has 2 aromatic carbocycles. The van der Waals surface area contributed by atoms with E-state index in [4.69, 9.17) is 0 Å². The lowest BCUT2D eigenvalue weighted by molar-refractivity contribution is -0.110. The highest BCUT2D eigenvalue weighted by Gasteiger charge is 2.28. The molecule has 3 N–H and O–H groups in total. The van der Waals surface area contributed by atoms with Gasteiger partial charge in [0.15, 0.2) is 9.84 Å². The summed E-state index contributed by atoms with van der Waals surface area (Å²) in [5.74, 6) is -0.661. The van der Waals surface area contributed by atoms with Crippen molar-refractivity contribution in [3.63, 3.8) is 0 Å². The average molecular weight is 614 g/mol. The minimum Gasteiger partial charge on any atom is -0.358 e. The number of hydrogen-bond acceptors (Lipinski definition) is 5. The number of aromatic amines is 1. The Morgan fingerprint density at radius 2 is 1.85 bits per heavy atom. The second kappa shape index (κ2) is 11.9. The molecule has 0 bridgehead atoms. The summed E-state index contributed by atoms with van der Waals surface area (Å²) in [6, 6.07) is 11.8. The number of hydrogen-bond donors (Lipinski definition) is 3. The lowest BCUT2D eigenvalue weighted by Gasteiger charge is -2.18. The molecular weight excluding hydrogens is 580 g/mol. The molecule has 39 heavy (non-hydrogen) atoms. The van der Waals surface area contributed by atoms with E-state index in [1.54, 1.807) is 36.4 Å². The number of carbonyl (C=O) groups excluding carboxylic acids is 2. The Balaban J connectivity index is 1.61. The van der Waals surface area contributed by atoms with Gasteiger partial charge in [0.1, 0.15) is 0 Å². The summed E-state index contributed by atoms with van der Waals surface area (Å²) in [4.78, 5) is 31.5. The number of rotatable bonds is 10. The van der Waals surface area contributed by atoms with Crippen molar-refractivity contribution in [3.05, 3.63) is 80.6 Å². The molecule has 2 heterocycles. The van der Waals surface area contributed by atoms with E-state index < -0.39 is 9.84 Å². The fourth-order valence-electron chi connectivity index (χ4n) is 4.79. The number of carbonyl (C=O) groups is 2. The first-order chi connectivity index (χ1) is 18.5. The van der Waals surface area contributed by atoms with E-state index in [0.29, 0.717) is 45.9 Å². The molecule has 4 rings (SSSR count). The first-order valence-electron chi connectivity index (χ1n) is 12.9. The molecule has 206 valence electrons. The van der Waals surface area contributed by atoms with Crippen LogP contribution in [0.1, 0.15) is 52.3 Å². The summed E-state index contributed by atoms with van der Waals surface area (Å²) < 4.78 is 27.2. The van der Waals surface area contributed by atoms with Gasteiger partial charge in [-0.15, -0.1) is 0 Å². The van der Waals surface area contributed by atoms with Crippen LogP contribution in [0.2, 0.25) is 0 Å². The van der Waals surface area contributed by atoms with Gasteiger partial charge < -0.3 is 20.5 Å². The van der Waals surface area contributed by atoms with Gasteiger partial charge in [0.05, 0.1) is 21.8 Å². The number of aromatic nitrogens is 1. The number of fused-ring (bicyclic) bond motifs is 1. The molecule has 1 aliphatic rings. The number of aryl methyl sites for hydroxylation is 1. The van der Waals surface area contributed by atoms with Crippen LogP contribution in [0.4, 0.5) is 5.69 Å². The highest BCUT2D eigenvalue weighted by Crippen LogP contribution is 2.36. The molecule has 1 aliphatic heterocycles. The van der Waals surface area contributed by atoms with Crippen molar-refractivity contribution in [3.8, 4) is 0 Å². The minimum atomic E-state index is -3.66. The van der Waals surface area contributed by atoms with Crippen molar-refractivity contribution in [2.24, 2.45) is 0 Å². The SMILES string of the molecule is CCN(CC)CCNC(=O)c1c(C)[nH]c(/C=C2\C(=O)Nc3ccc(S(=O)(=O)Cc4cccc(Br)c4)cc32)c1C. The van der Waals surface area contributed by atoms with Crippen LogP contribution in [0.25, 0.3) is 11.6 Å². The average Bonchev–Trinajstić information content (AvgIpc) is 3.35. The highest BCUT2D eigenvalue weighted by molar-refractivity contribution is 9.10. The quantitative estimate of drug-likeness (QED) is 0.281. The number of anilines is 1. The molecule has 3 aromatic rings. The van der Waals surface area contributed by atoms with E-state index in [9.17, 15) is 18.0 Å². The van der Waals surface area contributed by atoms with Crippen LogP contribution in [-0.2, 0) is 20.4 Å². The van der Waals surface area contributed by atoms with Crippen molar-refractivity contribution in [2.75, 3.05) is 31.5 Å². The molecule has 0 unspecified atom stereocenters. The number of likely N-dealkylation sites (N-methyl/N-ethyl adjacent to an activating group) is 1. The van der Waals surface area contributed by atoms with Gasteiger partial charge >= 0.3 is 0 Å². The summed E-state index contributed by atoms with van der Waals surface area (Å²) in [5, 5.41) is 5.80. The summed E-state index contributed by atoms with van der Waals surface area (Å²) in [6.07, 6.45) is 1.68. The Kier molecular flexibility index (Phi) is 8.78. The van der Waals surface area contributed by atoms with E-state index in [0.717, 1.165) is 29.7 Å². The Morgan fingerprint density at radius 3 is 2.54 bits per heavy atom. The molecule has 0 radical (unpaired) electrons. The maximum Gasteiger partial charge on any atom is 0.256 e. The van der Waals surface area contributed by atoms with Crippen molar-refractivity contribution >= 4 is 54.9 Å². The zero-order chi connectivity index (χ0) is 28.3. The number of nitrogens with one attached hydrogen (secondary N) is 3. The molecule has 0 saturated heterocycles. The Morgan fingerprint density at radius 1 is 1.10 bits per heavy atom. The van der Waals surface area contributed by atoms with Gasteiger partial charge in [0.2, 0.25) is 0 Å². The minimum absolute atomic E-state index is 0.135. The van der Waals surface area contributed by atoms with Gasteiger partial charge in [0, 0.05) is 40.2 Å². The Hall–Kier alpha value is -3.21. The number of halogens is 1. The van der Waals surface area contributed by atoms with Gasteiger partial charge in [-0.1, -0.05) is 41.9 Å². The molecule has 8 nitrogen and oxygen atoms in total. The largest absolute Gasteiger partial charge is 0.358 e. The van der Waals surface area contributed by atoms with Gasteiger partial charge in [-0.05, 0) is 74.5 Å². The highest BCUT2D eigenvalue weighted by atomic mass is 79.9. The van der Waals surface area contributed by atoms with Crippen molar-refractivity contribution in [2.45, 2.75) is 38.3 Å². The van der Waals surface area contributed by atoms with Crippen LogP contribution >= 0.6 is 15.9 Å². The third-order valence-corrected chi connectivity index (χ3v) is 9.16. The molecule has 2 amide bonds. The summed E-state index contributed by atoms with van der Waals surface area (Å²) >= 11 is 3.38. The summed E-state index contributed by atoms with van der Waals surface area (Å²) in [7, 11) is -3.66. The van der Waals surface area contributed by atoms with Crippen molar-refractivity contribution < 1.29 is 18.0 Å². The molecular formula is C29H33BrN4O4S. The zero-order valence-electron chi connectivity index (χ0n) is 22.5. The first kappa shape index (κ1) is 28.8. The standard InChI is InChI=1S/C29H33BrN4O4S/c1-5-34(6-2)13-12-31-29(36)27-18(3)26(32-19(27)4)16-24-23-15-22(10-11-25(23)33-28(24)35)39(37,38)17-20-8-7-9-21(30)14-20/h7-11,14-16,32H,5-6,12-13,17H2,1-4H3,(H,31,36)(H,33,35)/b24-16-. The second-order valence-electron chi connectivity index (χ2n) is 9.55. The molecule has 0 aliphatic carbocycles. The number of H-pyrrole nitrogens is 1. The number of amides is 2. The van der Waals surface area contributed by atoms with Crippen LogP contribution < -0.4 is 10.6 Å². The van der Waals surface area contributed by atoms with Crippen LogP contribution in [0.15, 0.2) is 51.8 Å². The molecule has 0 spiro atoms. The normalized spacial score (nSPS) is 14.1. The lowest BCUT2D eigenvalue weighted by Crippen LogP contribution is -2.35. The van der Waals surface area contributed by atoms with Crippen molar-refractivity contribution in [1.82, 2.24) is 15.2 Å². The smallest absolute Gasteiger partial charge is 0.256 e. The van der Waals surface area contributed by atoms with Crippen molar-refractivity contribution in [1.29, 1.82) is 0 Å². The van der Waals surface area contributed by atoms with Crippen LogP contribution in [-0.4, -0.2) is 56.3 Å². The maximum absolute atomic E-state index is 13.2. The number of sulfone groups is 1. The number of benzene rings is 2. The van der Waals surface area contributed by atoms with Gasteiger partial charge in [-0.2, -0.15) is 0 Å². The van der Waals surface area contributed by atoms with Crippen LogP contribution in [0.5, 0.6) is 0 Å². The van der Waals surface area contributed by atoms with E-state index in [2.05, 4.69) is 50.3 Å². The topological polar surface area (TPSA) is 111 Å². The van der Waals surface area contributed by atoms with Crippen LogP contribution in [0.3, 0.4) is 0 Å². The van der Waals surface area contributed by atoms with E-state index >= 15 is 0 Å². The summed E-state index contributed by atoms with van der Waals surface area (Å²) in [6.45, 7) is 11.0. The van der Waals surface area contributed by atoms with E-state index in [-0.39, 0.29) is 22.5 Å². The fraction of sp³-hybridized carbons (Fsp3) is 0.310. The molecule has 0 atom stereocenters. The number of nitrogens with zero attached hydrogens (tertiary/aromatic N) is 1. The fourth-order valence-corrected chi connectivity index (χ4v) is 6.60. The third kappa shape index (κ3) is 6.34. The zero-order valence-corrected chi connectivity index (χ0v) is 24.9. The first-order valence-corrected chi connectivity index (χ1v) is 15.3. The van der Waals surface area contributed by atoms with E-state index in [1.165, 1.54) is 6.07 Å². The van der Waals surface area contributed by atoms with Gasteiger partial charge in [-0.25, -0.2) is 8.42 Å². The predicted molar refractivity (Wildman–Crippen MR) is 158 cm³/mol. The second-order valence-corrected chi connectivity index (χ2v) is 12.5. The monoisotopic (exact) mass is 612 g/mol. The molecule has 0 fully saturated rings. The third-order valence-electron chi connectivity index (χ3n) is 6.98. The van der Waals surface area contributed by atoms with Gasteiger partial charge in [-0.3, -0.25) is 9.59 Å². The Labute approximate surface area is 237 Å². The maximum atomic E-state index is 13.2. The summed E-state index contributed by atoms with van der Waals surface area (Å²) in [5.41, 5.74) is 4.64.